The van der Waals surface area contributed by atoms with Crippen molar-refractivity contribution in [2.75, 3.05) is 47.4 Å². The first-order valence-corrected chi connectivity index (χ1v) is 9.39. The van der Waals surface area contributed by atoms with Crippen molar-refractivity contribution in [3.8, 4) is 5.75 Å². The Balaban J connectivity index is 0.00000364. The average Bonchev–Trinajstić information content (AvgIpc) is 2.64. The predicted octanol–water partition coefficient (Wildman–Crippen LogP) is 2.66. The molecule has 0 amide bonds. The number of hydrogen-bond acceptors (Lipinski definition) is 4. The maximum Gasteiger partial charge on any atom is 0.191 e. The van der Waals surface area contributed by atoms with Crippen LogP contribution in [0.25, 0.3) is 0 Å². The van der Waals surface area contributed by atoms with E-state index in [0.29, 0.717) is 6.54 Å². The topological polar surface area (TPSA) is 58.1 Å². The van der Waals surface area contributed by atoms with Gasteiger partial charge in [-0.25, -0.2) is 0 Å². The summed E-state index contributed by atoms with van der Waals surface area (Å²) >= 11 is 0. The van der Waals surface area contributed by atoms with Crippen molar-refractivity contribution in [3.05, 3.63) is 29.8 Å². The summed E-state index contributed by atoms with van der Waals surface area (Å²) < 4.78 is 11.6. The molecule has 1 saturated heterocycles. The van der Waals surface area contributed by atoms with E-state index in [9.17, 15) is 0 Å². The molecule has 0 aliphatic carbocycles. The van der Waals surface area contributed by atoms with Gasteiger partial charge in [0.05, 0.1) is 6.54 Å². The number of aryl methyl sites for hydroxylation is 1. The summed E-state index contributed by atoms with van der Waals surface area (Å²) in [6.45, 7) is 7.28. The zero-order valence-corrected chi connectivity index (χ0v) is 19.6. The van der Waals surface area contributed by atoms with Gasteiger partial charge in [0.25, 0.3) is 0 Å². The highest BCUT2D eigenvalue weighted by Gasteiger charge is 2.34. The molecule has 1 fully saturated rings. The van der Waals surface area contributed by atoms with Crippen LogP contribution in [0.5, 0.6) is 5.75 Å². The molecular weight excluding hydrogens is 455 g/mol. The van der Waals surface area contributed by atoms with E-state index in [4.69, 9.17) is 9.47 Å². The first-order valence-electron chi connectivity index (χ1n) is 9.39. The molecule has 1 aliphatic heterocycles. The molecule has 6 nitrogen and oxygen atoms in total. The minimum atomic E-state index is 0. The van der Waals surface area contributed by atoms with Crippen LogP contribution < -0.4 is 15.4 Å². The molecule has 2 rings (SSSR count). The second-order valence-corrected chi connectivity index (χ2v) is 7.23. The quantitative estimate of drug-likeness (QED) is 0.350. The van der Waals surface area contributed by atoms with Crippen molar-refractivity contribution < 1.29 is 9.47 Å². The molecule has 0 saturated carbocycles. The fourth-order valence-corrected chi connectivity index (χ4v) is 3.19. The first kappa shape index (κ1) is 24.0. The van der Waals surface area contributed by atoms with Gasteiger partial charge in [-0.1, -0.05) is 18.2 Å². The fourth-order valence-electron chi connectivity index (χ4n) is 3.19. The highest BCUT2D eigenvalue weighted by molar-refractivity contribution is 14.0. The summed E-state index contributed by atoms with van der Waals surface area (Å²) in [5, 5.41) is 6.85. The van der Waals surface area contributed by atoms with Crippen molar-refractivity contribution in [3.63, 3.8) is 0 Å². The van der Waals surface area contributed by atoms with E-state index in [1.165, 1.54) is 0 Å². The van der Waals surface area contributed by atoms with Crippen molar-refractivity contribution in [1.29, 1.82) is 0 Å². The summed E-state index contributed by atoms with van der Waals surface area (Å²) in [5.74, 6) is 1.73. The van der Waals surface area contributed by atoms with Gasteiger partial charge in [-0.05, 0) is 52.4 Å². The van der Waals surface area contributed by atoms with Crippen LogP contribution in [0.1, 0.15) is 25.3 Å². The largest absolute Gasteiger partial charge is 0.489 e. The summed E-state index contributed by atoms with van der Waals surface area (Å²) in [5.41, 5.74) is 1.26. The normalized spacial score (nSPS) is 17.8. The first-order chi connectivity index (χ1) is 12.5. The Kier molecular flexibility index (Phi) is 10.4. The molecule has 0 spiro atoms. The number of likely N-dealkylation sites (N-methyl/N-ethyl adjacent to an activating group) is 1. The predicted molar refractivity (Wildman–Crippen MR) is 123 cm³/mol. The van der Waals surface area contributed by atoms with Crippen LogP contribution in [0.15, 0.2) is 29.3 Å². The molecule has 0 aromatic heterocycles. The van der Waals surface area contributed by atoms with Gasteiger partial charge in [0, 0.05) is 32.3 Å². The van der Waals surface area contributed by atoms with Crippen LogP contribution in [0, 0.1) is 6.92 Å². The minimum absolute atomic E-state index is 0. The molecular formula is C20H35IN4O2. The van der Waals surface area contributed by atoms with E-state index in [-0.39, 0.29) is 35.6 Å². The standard InChI is InChI=1S/C20H34N4O2.HI/c1-16-8-6-7-9-18(16)26-17(2)14-22-19(21-3)23-15-20(24(4)5)10-12-25-13-11-20;/h6-9,17H,10-15H2,1-5H3,(H2,21,22,23);1H. The van der Waals surface area contributed by atoms with Crippen LogP contribution in [0.3, 0.4) is 0 Å². The third-order valence-electron chi connectivity index (χ3n) is 5.16. The van der Waals surface area contributed by atoms with E-state index in [1.54, 1.807) is 7.05 Å². The van der Waals surface area contributed by atoms with Crippen LogP contribution in [0.2, 0.25) is 0 Å². The number of nitrogens with one attached hydrogen (secondary N) is 2. The summed E-state index contributed by atoms with van der Waals surface area (Å²) in [6.07, 6.45) is 2.09. The highest BCUT2D eigenvalue weighted by atomic mass is 127. The van der Waals surface area contributed by atoms with E-state index in [1.807, 2.05) is 18.2 Å². The highest BCUT2D eigenvalue weighted by Crippen LogP contribution is 2.25. The molecule has 154 valence electrons. The lowest BCUT2D eigenvalue weighted by Gasteiger charge is -2.43. The molecule has 2 N–H and O–H groups in total. The second-order valence-electron chi connectivity index (χ2n) is 7.23. The van der Waals surface area contributed by atoms with Gasteiger partial charge in [0.1, 0.15) is 11.9 Å². The molecule has 1 heterocycles. The molecule has 7 heteroatoms. The number of hydrogen-bond donors (Lipinski definition) is 2. The summed E-state index contributed by atoms with van der Waals surface area (Å²) in [6, 6.07) is 8.08. The molecule has 27 heavy (non-hydrogen) atoms. The third kappa shape index (κ3) is 7.12. The van der Waals surface area contributed by atoms with Crippen LogP contribution in [0.4, 0.5) is 0 Å². The second kappa shape index (κ2) is 11.7. The van der Waals surface area contributed by atoms with Gasteiger partial charge >= 0.3 is 0 Å². The lowest BCUT2D eigenvalue weighted by molar-refractivity contribution is -0.00502. The van der Waals surface area contributed by atoms with Crippen molar-refractivity contribution in [2.24, 2.45) is 4.99 Å². The Morgan fingerprint density at radius 2 is 1.93 bits per heavy atom. The average molecular weight is 490 g/mol. The fraction of sp³-hybridized carbons (Fsp3) is 0.650. The number of aliphatic imine (C=N–C) groups is 1. The van der Waals surface area contributed by atoms with E-state index >= 15 is 0 Å². The number of para-hydroxylation sites is 1. The van der Waals surface area contributed by atoms with Crippen LogP contribution in [-0.4, -0.2) is 69.9 Å². The molecule has 1 unspecified atom stereocenters. The Bertz CT molecular complexity index is 589. The van der Waals surface area contributed by atoms with Gasteiger partial charge in [-0.2, -0.15) is 0 Å². The maximum absolute atomic E-state index is 6.02. The Morgan fingerprint density at radius 3 is 2.52 bits per heavy atom. The zero-order chi connectivity index (χ0) is 19.0. The SMILES string of the molecule is CN=C(NCC(C)Oc1ccccc1C)NCC1(N(C)C)CCOCC1.I. The van der Waals surface area contributed by atoms with E-state index in [2.05, 4.69) is 54.5 Å². The number of guanidine groups is 1. The van der Waals surface area contributed by atoms with Crippen molar-refractivity contribution in [1.82, 2.24) is 15.5 Å². The maximum atomic E-state index is 6.02. The molecule has 1 aromatic rings. The smallest absolute Gasteiger partial charge is 0.191 e. The zero-order valence-electron chi connectivity index (χ0n) is 17.2. The lowest BCUT2D eigenvalue weighted by atomic mass is 9.88. The minimum Gasteiger partial charge on any atom is -0.489 e. The number of halogens is 1. The number of ether oxygens (including phenoxy) is 2. The monoisotopic (exact) mass is 490 g/mol. The van der Waals surface area contributed by atoms with Crippen molar-refractivity contribution in [2.45, 2.75) is 38.3 Å². The van der Waals surface area contributed by atoms with Crippen LogP contribution in [-0.2, 0) is 4.74 Å². The van der Waals surface area contributed by atoms with Gasteiger partial charge in [-0.15, -0.1) is 24.0 Å². The third-order valence-corrected chi connectivity index (χ3v) is 5.16. The Morgan fingerprint density at radius 1 is 1.26 bits per heavy atom. The summed E-state index contributed by atoms with van der Waals surface area (Å²) in [7, 11) is 6.08. The number of rotatable bonds is 7. The molecule has 1 aromatic carbocycles. The number of benzene rings is 1. The molecule has 0 bridgehead atoms. The number of nitrogens with zero attached hydrogens (tertiary/aromatic N) is 2. The molecule has 0 radical (unpaired) electrons. The lowest BCUT2D eigenvalue weighted by Crippen LogP contribution is -2.57. The Hall–Kier alpha value is -1.06. The van der Waals surface area contributed by atoms with Gasteiger partial charge in [0.2, 0.25) is 0 Å². The van der Waals surface area contributed by atoms with Crippen molar-refractivity contribution >= 4 is 29.9 Å². The van der Waals surface area contributed by atoms with Crippen LogP contribution >= 0.6 is 24.0 Å². The van der Waals surface area contributed by atoms with Gasteiger partial charge in [0.15, 0.2) is 5.96 Å². The van der Waals surface area contributed by atoms with Gasteiger partial charge < -0.3 is 25.0 Å². The summed E-state index contributed by atoms with van der Waals surface area (Å²) in [4.78, 5) is 6.65. The molecule has 1 atom stereocenters. The Labute approximate surface area is 181 Å². The van der Waals surface area contributed by atoms with E-state index in [0.717, 1.165) is 49.9 Å². The molecule has 1 aliphatic rings. The van der Waals surface area contributed by atoms with E-state index < -0.39 is 0 Å². The van der Waals surface area contributed by atoms with Gasteiger partial charge in [-0.3, -0.25) is 4.99 Å².